The maximum Gasteiger partial charge on any atom is 0.160 e. The van der Waals surface area contributed by atoms with E-state index in [9.17, 15) is 18.0 Å². The first-order valence-electron chi connectivity index (χ1n) is 6.47. The molecule has 116 valence electrons. The molecule has 0 amide bonds. The highest BCUT2D eigenvalue weighted by molar-refractivity contribution is 9.10. The first-order valence-corrected chi connectivity index (χ1v) is 7.26. The zero-order chi connectivity index (χ0) is 16.6. The van der Waals surface area contributed by atoms with Gasteiger partial charge in [0.25, 0.3) is 0 Å². The normalized spacial score (nSPS) is 10.8. The molecule has 0 unspecified atom stereocenters. The number of hydrogen-bond acceptors (Lipinski definition) is 2. The van der Waals surface area contributed by atoms with Gasteiger partial charge < -0.3 is 0 Å². The van der Waals surface area contributed by atoms with E-state index in [1.807, 2.05) is 0 Å². The summed E-state index contributed by atoms with van der Waals surface area (Å²) < 4.78 is 41.9. The van der Waals surface area contributed by atoms with Crippen LogP contribution in [0.2, 0.25) is 0 Å². The molecule has 23 heavy (non-hydrogen) atoms. The minimum Gasteiger partial charge on any atom is -0.298 e. The molecule has 0 aliphatic heterocycles. The minimum absolute atomic E-state index is 0.106. The van der Waals surface area contributed by atoms with Gasteiger partial charge in [-0.15, -0.1) is 0 Å². The van der Waals surface area contributed by atoms with E-state index >= 15 is 0 Å². The largest absolute Gasteiger partial charge is 0.298 e. The number of carbonyl (C=O) groups is 1. The maximum atomic E-state index is 14.0. The third kappa shape index (κ3) is 2.68. The number of hydrogen-bond donors (Lipinski definition) is 0. The predicted molar refractivity (Wildman–Crippen MR) is 82.0 cm³/mol. The van der Waals surface area contributed by atoms with Crippen LogP contribution in [0, 0.1) is 17.5 Å². The summed E-state index contributed by atoms with van der Waals surface area (Å²) in [6.45, 7) is 0. The molecule has 1 heterocycles. The average molecular weight is 381 g/mol. The molecule has 0 fully saturated rings. The van der Waals surface area contributed by atoms with Crippen molar-refractivity contribution in [3.05, 3.63) is 70.1 Å². The second kappa shape index (κ2) is 6.00. The summed E-state index contributed by atoms with van der Waals surface area (Å²) in [6.07, 6.45) is 0.523. The Kier molecular flexibility index (Phi) is 4.04. The van der Waals surface area contributed by atoms with Crippen molar-refractivity contribution < 1.29 is 18.0 Å². The first-order chi connectivity index (χ1) is 11.0. The van der Waals surface area contributed by atoms with Gasteiger partial charge in [0, 0.05) is 11.6 Å². The molecule has 1 aromatic heterocycles. The Bertz CT molecular complexity index is 908. The van der Waals surface area contributed by atoms with E-state index in [0.717, 1.165) is 12.1 Å². The zero-order valence-corrected chi connectivity index (χ0v) is 13.0. The van der Waals surface area contributed by atoms with Gasteiger partial charge in [-0.1, -0.05) is 12.1 Å². The van der Waals surface area contributed by atoms with Crippen molar-refractivity contribution in [2.75, 3.05) is 0 Å². The molecule has 0 bridgehead atoms. The molecule has 0 radical (unpaired) electrons. The third-order valence-electron chi connectivity index (χ3n) is 3.26. The Morgan fingerprint density at radius 1 is 1.00 bits per heavy atom. The lowest BCUT2D eigenvalue weighted by Gasteiger charge is -2.03. The SMILES string of the molecule is O=Cc1c(-c2ccccc2F)nn(-c2ccc(F)c(F)c2)c1Br. The molecule has 0 aliphatic rings. The van der Waals surface area contributed by atoms with E-state index in [1.54, 1.807) is 6.07 Å². The summed E-state index contributed by atoms with van der Waals surface area (Å²) in [7, 11) is 0. The van der Waals surface area contributed by atoms with Crippen molar-refractivity contribution in [3.8, 4) is 16.9 Å². The average Bonchev–Trinajstić information content (AvgIpc) is 2.87. The number of aldehydes is 1. The number of nitrogens with zero attached hydrogens (tertiary/aromatic N) is 2. The molecule has 7 heteroatoms. The fourth-order valence-corrected chi connectivity index (χ4v) is 2.72. The molecular weight excluding hydrogens is 373 g/mol. The van der Waals surface area contributed by atoms with Crippen LogP contribution in [0.15, 0.2) is 47.1 Å². The van der Waals surface area contributed by atoms with E-state index in [-0.39, 0.29) is 27.1 Å². The molecule has 3 nitrogen and oxygen atoms in total. The van der Waals surface area contributed by atoms with E-state index in [4.69, 9.17) is 0 Å². The minimum atomic E-state index is -1.05. The lowest BCUT2D eigenvalue weighted by atomic mass is 10.1. The molecule has 3 aromatic rings. The van der Waals surface area contributed by atoms with E-state index < -0.39 is 17.5 Å². The van der Waals surface area contributed by atoms with Gasteiger partial charge in [-0.3, -0.25) is 4.79 Å². The van der Waals surface area contributed by atoms with Crippen molar-refractivity contribution in [1.82, 2.24) is 9.78 Å². The lowest BCUT2D eigenvalue weighted by molar-refractivity contribution is 0.112. The lowest BCUT2D eigenvalue weighted by Crippen LogP contribution is -1.99. The van der Waals surface area contributed by atoms with Crippen LogP contribution in [0.25, 0.3) is 16.9 Å². The highest BCUT2D eigenvalue weighted by atomic mass is 79.9. The highest BCUT2D eigenvalue weighted by Crippen LogP contribution is 2.31. The monoisotopic (exact) mass is 380 g/mol. The van der Waals surface area contributed by atoms with Gasteiger partial charge in [-0.25, -0.2) is 17.9 Å². The molecular formula is C16H8BrF3N2O. The number of halogens is 4. The predicted octanol–water partition coefficient (Wildman–Crippen LogP) is 4.53. The molecule has 3 rings (SSSR count). The van der Waals surface area contributed by atoms with Crippen molar-refractivity contribution in [2.24, 2.45) is 0 Å². The van der Waals surface area contributed by atoms with Crippen molar-refractivity contribution in [1.29, 1.82) is 0 Å². The molecule has 0 N–H and O–H groups in total. The van der Waals surface area contributed by atoms with Crippen molar-refractivity contribution in [3.63, 3.8) is 0 Å². The van der Waals surface area contributed by atoms with Gasteiger partial charge in [-0.05, 0) is 40.2 Å². The maximum absolute atomic E-state index is 14.0. The van der Waals surface area contributed by atoms with Crippen LogP contribution < -0.4 is 0 Å². The molecule has 0 saturated heterocycles. The van der Waals surface area contributed by atoms with Crippen LogP contribution in [0.1, 0.15) is 10.4 Å². The second-order valence-electron chi connectivity index (χ2n) is 4.66. The zero-order valence-electron chi connectivity index (χ0n) is 11.4. The van der Waals surface area contributed by atoms with Crippen LogP contribution in [0.3, 0.4) is 0 Å². The van der Waals surface area contributed by atoms with Crippen LogP contribution >= 0.6 is 15.9 Å². The number of aromatic nitrogens is 2. The molecule has 0 atom stereocenters. The Balaban J connectivity index is 2.23. The van der Waals surface area contributed by atoms with Gasteiger partial charge in [0.2, 0.25) is 0 Å². The number of rotatable bonds is 3. The summed E-state index contributed by atoms with van der Waals surface area (Å²) in [5.74, 6) is -2.59. The fraction of sp³-hybridized carbons (Fsp3) is 0. The molecule has 0 aliphatic carbocycles. The molecule has 0 spiro atoms. The Hall–Kier alpha value is -2.41. The van der Waals surface area contributed by atoms with Crippen molar-refractivity contribution >= 4 is 22.2 Å². The van der Waals surface area contributed by atoms with E-state index in [0.29, 0.717) is 6.29 Å². The Morgan fingerprint density at radius 3 is 2.39 bits per heavy atom. The van der Waals surface area contributed by atoms with Gasteiger partial charge in [0.05, 0.1) is 11.3 Å². The standard InChI is InChI=1S/C16H8BrF3N2O/c17-16-11(8-23)15(10-3-1-2-4-12(10)18)21-22(16)9-5-6-13(19)14(20)7-9/h1-8H. The number of carbonyl (C=O) groups excluding carboxylic acids is 1. The smallest absolute Gasteiger partial charge is 0.160 e. The van der Waals surface area contributed by atoms with Gasteiger partial charge in [0.1, 0.15) is 16.1 Å². The van der Waals surface area contributed by atoms with Gasteiger partial charge >= 0.3 is 0 Å². The summed E-state index contributed by atoms with van der Waals surface area (Å²) in [5.41, 5.74) is 0.549. The van der Waals surface area contributed by atoms with E-state index in [2.05, 4.69) is 21.0 Å². The molecule has 2 aromatic carbocycles. The summed E-state index contributed by atoms with van der Waals surface area (Å²) in [4.78, 5) is 11.4. The van der Waals surface area contributed by atoms with Gasteiger partial charge in [0.15, 0.2) is 17.9 Å². The van der Waals surface area contributed by atoms with Crippen molar-refractivity contribution in [2.45, 2.75) is 0 Å². The first kappa shape index (κ1) is 15.5. The summed E-state index contributed by atoms with van der Waals surface area (Å²) in [6, 6.07) is 9.03. The molecule has 0 saturated carbocycles. The Labute approximate surface area is 137 Å². The van der Waals surface area contributed by atoms with Crippen LogP contribution in [-0.2, 0) is 0 Å². The number of benzene rings is 2. The topological polar surface area (TPSA) is 34.9 Å². The quantitative estimate of drug-likeness (QED) is 0.625. The summed E-state index contributed by atoms with van der Waals surface area (Å²) >= 11 is 3.19. The van der Waals surface area contributed by atoms with Crippen LogP contribution in [-0.4, -0.2) is 16.1 Å². The van der Waals surface area contributed by atoms with E-state index in [1.165, 1.54) is 28.9 Å². The van der Waals surface area contributed by atoms with Gasteiger partial charge in [-0.2, -0.15) is 5.10 Å². The highest BCUT2D eigenvalue weighted by Gasteiger charge is 2.20. The second-order valence-corrected chi connectivity index (χ2v) is 5.41. The van der Waals surface area contributed by atoms with Crippen LogP contribution in [0.4, 0.5) is 13.2 Å². The summed E-state index contributed by atoms with van der Waals surface area (Å²) in [5, 5.41) is 4.16. The fourth-order valence-electron chi connectivity index (χ4n) is 2.15. The third-order valence-corrected chi connectivity index (χ3v) is 4.02. The van der Waals surface area contributed by atoms with Crippen LogP contribution in [0.5, 0.6) is 0 Å². The Morgan fingerprint density at radius 2 is 1.74 bits per heavy atom.